The summed E-state index contributed by atoms with van der Waals surface area (Å²) in [7, 11) is -3.75. The lowest BCUT2D eigenvalue weighted by Crippen LogP contribution is -2.13. The van der Waals surface area contributed by atoms with E-state index in [0.717, 1.165) is 16.5 Å². The molecule has 0 bridgehead atoms. The lowest BCUT2D eigenvalue weighted by Gasteiger charge is -2.11. The highest BCUT2D eigenvalue weighted by molar-refractivity contribution is 7.92. The fourth-order valence-corrected chi connectivity index (χ4v) is 4.50. The molecule has 0 saturated heterocycles. The van der Waals surface area contributed by atoms with Crippen molar-refractivity contribution in [1.82, 2.24) is 15.0 Å². The maximum atomic E-state index is 13.0. The van der Waals surface area contributed by atoms with Crippen LogP contribution in [0, 0.1) is 0 Å². The Labute approximate surface area is 191 Å². The zero-order valence-corrected chi connectivity index (χ0v) is 18.2. The van der Waals surface area contributed by atoms with Crippen LogP contribution in [0.2, 0.25) is 0 Å². The van der Waals surface area contributed by atoms with Gasteiger partial charge in [0.1, 0.15) is 0 Å². The van der Waals surface area contributed by atoms with Gasteiger partial charge in [-0.3, -0.25) is 9.71 Å². The summed E-state index contributed by atoms with van der Waals surface area (Å²) in [5, 5.41) is 4.96. The van der Waals surface area contributed by atoms with Crippen molar-refractivity contribution in [3.8, 4) is 11.4 Å². The number of hydrogen-bond acceptors (Lipinski definition) is 6. The minimum Gasteiger partial charge on any atom is -0.324 e. The fraction of sp³-hybridized carbons (Fsp3) is 0. The number of sulfonamides is 1. The Balaban J connectivity index is 1.37. The molecule has 0 amide bonds. The molecule has 0 spiro atoms. The normalized spacial score (nSPS) is 11.3. The van der Waals surface area contributed by atoms with E-state index in [9.17, 15) is 8.42 Å². The maximum Gasteiger partial charge on any atom is 0.261 e. The molecule has 0 saturated carbocycles. The highest BCUT2D eigenvalue weighted by Crippen LogP contribution is 2.24. The van der Waals surface area contributed by atoms with Crippen molar-refractivity contribution < 1.29 is 8.42 Å². The van der Waals surface area contributed by atoms with Gasteiger partial charge in [0.2, 0.25) is 5.95 Å². The van der Waals surface area contributed by atoms with Gasteiger partial charge in [-0.1, -0.05) is 42.5 Å². The van der Waals surface area contributed by atoms with Gasteiger partial charge in [0, 0.05) is 18.1 Å². The first-order valence-corrected chi connectivity index (χ1v) is 11.7. The molecule has 162 valence electrons. The topological polar surface area (TPSA) is 96.9 Å². The fourth-order valence-electron chi connectivity index (χ4n) is 3.41. The Kier molecular flexibility index (Phi) is 5.42. The summed E-state index contributed by atoms with van der Waals surface area (Å²) in [6.45, 7) is 0. The molecule has 2 aromatic heterocycles. The number of nitrogens with zero attached hydrogens (tertiary/aromatic N) is 3. The zero-order chi connectivity index (χ0) is 22.7. The molecule has 5 rings (SSSR count). The van der Waals surface area contributed by atoms with Crippen LogP contribution in [0.25, 0.3) is 22.2 Å². The van der Waals surface area contributed by atoms with Crippen molar-refractivity contribution in [3.63, 3.8) is 0 Å². The lowest BCUT2D eigenvalue weighted by atomic mass is 10.1. The van der Waals surface area contributed by atoms with E-state index in [0.29, 0.717) is 23.0 Å². The molecule has 0 aliphatic heterocycles. The predicted molar refractivity (Wildman–Crippen MR) is 130 cm³/mol. The number of pyridine rings is 1. The monoisotopic (exact) mass is 453 g/mol. The van der Waals surface area contributed by atoms with E-state index in [-0.39, 0.29) is 4.90 Å². The Morgan fingerprint density at radius 1 is 0.636 bits per heavy atom. The van der Waals surface area contributed by atoms with E-state index < -0.39 is 10.0 Å². The van der Waals surface area contributed by atoms with Crippen LogP contribution in [-0.2, 0) is 10.0 Å². The van der Waals surface area contributed by atoms with Gasteiger partial charge in [-0.25, -0.2) is 18.4 Å². The predicted octanol–water partition coefficient (Wildman–Crippen LogP) is 5.24. The summed E-state index contributed by atoms with van der Waals surface area (Å²) in [5.74, 6) is 0.382. The summed E-state index contributed by atoms with van der Waals surface area (Å²) in [5.41, 5.74) is 2.49. The van der Waals surface area contributed by atoms with Crippen LogP contribution < -0.4 is 10.0 Å². The van der Waals surface area contributed by atoms with Crippen molar-refractivity contribution >= 4 is 38.1 Å². The van der Waals surface area contributed by atoms with E-state index in [4.69, 9.17) is 0 Å². The molecular weight excluding hydrogens is 434 g/mol. The largest absolute Gasteiger partial charge is 0.324 e. The molecule has 0 aliphatic carbocycles. The molecule has 0 radical (unpaired) electrons. The Morgan fingerprint density at radius 3 is 2.30 bits per heavy atom. The third-order valence-corrected chi connectivity index (χ3v) is 6.36. The molecule has 7 nitrogen and oxygen atoms in total. The van der Waals surface area contributed by atoms with Crippen molar-refractivity contribution in [2.75, 3.05) is 10.0 Å². The van der Waals surface area contributed by atoms with Gasteiger partial charge < -0.3 is 5.32 Å². The van der Waals surface area contributed by atoms with Gasteiger partial charge >= 0.3 is 0 Å². The molecule has 5 aromatic rings. The van der Waals surface area contributed by atoms with E-state index >= 15 is 0 Å². The molecular formula is C25H19N5O2S. The Hall–Kier alpha value is -4.30. The van der Waals surface area contributed by atoms with Crippen LogP contribution in [0.5, 0.6) is 0 Å². The van der Waals surface area contributed by atoms with Crippen molar-refractivity contribution in [3.05, 3.63) is 103 Å². The average Bonchev–Trinajstić information content (AvgIpc) is 2.84. The van der Waals surface area contributed by atoms with Gasteiger partial charge in [-0.2, -0.15) is 0 Å². The molecule has 2 N–H and O–H groups in total. The standard InChI is InChI=1S/C25H19N5O2S/c31-33(32,22-12-11-18-6-1-2-7-19(18)16-22)30-21-9-5-8-20(17-21)28-25-27-15-13-24(29-25)23-10-3-4-14-26-23/h1-17,30H,(H,27,28,29). The summed E-state index contributed by atoms with van der Waals surface area (Å²) in [6.07, 6.45) is 3.35. The SMILES string of the molecule is O=S(=O)(Nc1cccc(Nc2nccc(-c3ccccn3)n2)c1)c1ccc2ccccc2c1. The van der Waals surface area contributed by atoms with Crippen LogP contribution >= 0.6 is 0 Å². The summed E-state index contributed by atoms with van der Waals surface area (Å²) in [4.78, 5) is 13.3. The number of fused-ring (bicyclic) bond motifs is 1. The smallest absolute Gasteiger partial charge is 0.261 e. The van der Waals surface area contributed by atoms with Gasteiger partial charge in [0.25, 0.3) is 10.0 Å². The van der Waals surface area contributed by atoms with Crippen molar-refractivity contribution in [1.29, 1.82) is 0 Å². The first-order chi connectivity index (χ1) is 16.1. The number of nitrogens with one attached hydrogen (secondary N) is 2. The molecule has 33 heavy (non-hydrogen) atoms. The molecule has 0 aliphatic rings. The van der Waals surface area contributed by atoms with Crippen LogP contribution in [0.4, 0.5) is 17.3 Å². The van der Waals surface area contributed by atoms with E-state index in [2.05, 4.69) is 25.0 Å². The van der Waals surface area contributed by atoms with Crippen molar-refractivity contribution in [2.45, 2.75) is 4.90 Å². The van der Waals surface area contributed by atoms with E-state index in [1.807, 2.05) is 48.5 Å². The Morgan fingerprint density at radius 2 is 1.45 bits per heavy atom. The molecule has 3 aromatic carbocycles. The van der Waals surface area contributed by atoms with Crippen LogP contribution in [-0.4, -0.2) is 23.4 Å². The minimum atomic E-state index is -3.75. The second kappa shape index (κ2) is 8.68. The number of hydrogen-bond donors (Lipinski definition) is 2. The third kappa shape index (κ3) is 4.65. The van der Waals surface area contributed by atoms with Gasteiger partial charge in [-0.05, 0) is 59.3 Å². The maximum absolute atomic E-state index is 13.0. The van der Waals surface area contributed by atoms with Gasteiger partial charge in [0.05, 0.1) is 22.0 Å². The Bertz CT molecular complexity index is 1540. The first-order valence-electron chi connectivity index (χ1n) is 10.2. The quantitative estimate of drug-likeness (QED) is 0.365. The van der Waals surface area contributed by atoms with Crippen LogP contribution in [0.1, 0.15) is 0 Å². The summed E-state index contributed by atoms with van der Waals surface area (Å²) >= 11 is 0. The third-order valence-electron chi connectivity index (χ3n) is 4.99. The minimum absolute atomic E-state index is 0.200. The number of rotatable bonds is 6. The van der Waals surface area contributed by atoms with Gasteiger partial charge in [0.15, 0.2) is 0 Å². The van der Waals surface area contributed by atoms with Crippen LogP contribution in [0.15, 0.2) is 108 Å². The number of benzene rings is 3. The summed E-state index contributed by atoms with van der Waals surface area (Å²) < 4.78 is 28.6. The average molecular weight is 454 g/mol. The molecule has 2 heterocycles. The molecule has 0 atom stereocenters. The molecule has 8 heteroatoms. The second-order valence-electron chi connectivity index (χ2n) is 7.30. The second-order valence-corrected chi connectivity index (χ2v) is 8.98. The van der Waals surface area contributed by atoms with Crippen LogP contribution in [0.3, 0.4) is 0 Å². The molecule has 0 unspecified atom stereocenters. The lowest BCUT2D eigenvalue weighted by molar-refractivity contribution is 0.601. The van der Waals surface area contributed by atoms with Crippen molar-refractivity contribution in [2.24, 2.45) is 0 Å². The molecule has 0 fully saturated rings. The first kappa shape index (κ1) is 20.6. The zero-order valence-electron chi connectivity index (χ0n) is 17.4. The highest BCUT2D eigenvalue weighted by atomic mass is 32.2. The number of anilines is 3. The highest BCUT2D eigenvalue weighted by Gasteiger charge is 2.15. The number of aromatic nitrogens is 3. The van der Waals surface area contributed by atoms with Gasteiger partial charge in [-0.15, -0.1) is 0 Å². The van der Waals surface area contributed by atoms with E-state index in [1.165, 1.54) is 0 Å². The van der Waals surface area contributed by atoms with E-state index in [1.54, 1.807) is 54.9 Å². The summed E-state index contributed by atoms with van der Waals surface area (Å²) in [6, 6.07) is 27.0.